The molecule has 16 heavy (non-hydrogen) atoms. The van der Waals surface area contributed by atoms with E-state index in [1.165, 1.54) is 0 Å². The maximum Gasteiger partial charge on any atom is 0.0959 e. The van der Waals surface area contributed by atoms with Crippen molar-refractivity contribution in [3.63, 3.8) is 0 Å². The molecule has 3 nitrogen and oxygen atoms in total. The molecule has 0 aliphatic carbocycles. The highest BCUT2D eigenvalue weighted by Crippen LogP contribution is 2.24. The van der Waals surface area contributed by atoms with Crippen molar-refractivity contribution < 1.29 is 9.47 Å². The minimum atomic E-state index is -0.0731. The minimum absolute atomic E-state index is 0.0731. The molecule has 0 amide bonds. The fraction of sp³-hybridized carbons (Fsp3) is 0.500. The lowest BCUT2D eigenvalue weighted by Gasteiger charge is -2.17. The van der Waals surface area contributed by atoms with Crippen LogP contribution in [0.25, 0.3) is 0 Å². The fourth-order valence-corrected chi connectivity index (χ4v) is 1.95. The molecule has 2 N–H and O–H groups in total. The molecule has 0 aromatic heterocycles. The van der Waals surface area contributed by atoms with Crippen molar-refractivity contribution in [2.24, 2.45) is 5.73 Å². The second kappa shape index (κ2) is 7.79. The summed E-state index contributed by atoms with van der Waals surface area (Å²) in [5.41, 5.74) is 6.79. The highest BCUT2D eigenvalue weighted by atomic mass is 79.9. The lowest BCUT2D eigenvalue weighted by Crippen LogP contribution is -2.18. The van der Waals surface area contributed by atoms with E-state index < -0.39 is 0 Å². The molecule has 0 fully saturated rings. The number of nitrogens with two attached hydrogens (primary N) is 1. The maximum absolute atomic E-state index is 5.70. The summed E-state index contributed by atoms with van der Waals surface area (Å²) in [6.07, 6.45) is -0.0731. The molecule has 0 aliphatic heterocycles. The fourth-order valence-electron chi connectivity index (χ4n) is 1.41. The highest BCUT2D eigenvalue weighted by molar-refractivity contribution is 9.10. The Labute approximate surface area is 105 Å². The Balaban J connectivity index is 2.51. The quantitative estimate of drug-likeness (QED) is 0.784. The topological polar surface area (TPSA) is 44.5 Å². The first-order valence-electron chi connectivity index (χ1n) is 5.43. The van der Waals surface area contributed by atoms with E-state index in [1.54, 1.807) is 0 Å². The average molecular weight is 288 g/mol. The van der Waals surface area contributed by atoms with E-state index in [1.807, 2.05) is 31.2 Å². The van der Waals surface area contributed by atoms with Crippen LogP contribution in [-0.2, 0) is 9.47 Å². The van der Waals surface area contributed by atoms with Gasteiger partial charge < -0.3 is 15.2 Å². The summed E-state index contributed by atoms with van der Waals surface area (Å²) < 4.78 is 11.9. The van der Waals surface area contributed by atoms with Crippen LogP contribution < -0.4 is 5.73 Å². The summed E-state index contributed by atoms with van der Waals surface area (Å²) in [7, 11) is 0. The average Bonchev–Trinajstić information content (AvgIpc) is 2.31. The zero-order valence-electron chi connectivity index (χ0n) is 9.49. The number of ether oxygens (including phenoxy) is 2. The number of hydrogen-bond acceptors (Lipinski definition) is 3. The standard InChI is InChI=1S/C12H18BrNO2/c1-2-15-7-8-16-12(9-14)10-5-3-4-6-11(10)13/h3-6,12H,2,7-9,14H2,1H3. The van der Waals surface area contributed by atoms with Gasteiger partial charge in [0.1, 0.15) is 0 Å². The summed E-state index contributed by atoms with van der Waals surface area (Å²) in [5.74, 6) is 0. The number of benzene rings is 1. The second-order valence-corrected chi connectivity index (χ2v) is 4.17. The first-order chi connectivity index (χ1) is 7.79. The monoisotopic (exact) mass is 287 g/mol. The number of rotatable bonds is 7. The molecule has 90 valence electrons. The van der Waals surface area contributed by atoms with Crippen LogP contribution in [0.4, 0.5) is 0 Å². The van der Waals surface area contributed by atoms with Gasteiger partial charge in [0.15, 0.2) is 0 Å². The van der Waals surface area contributed by atoms with Gasteiger partial charge in [0, 0.05) is 17.6 Å². The van der Waals surface area contributed by atoms with Gasteiger partial charge in [-0.2, -0.15) is 0 Å². The maximum atomic E-state index is 5.70. The zero-order valence-corrected chi connectivity index (χ0v) is 11.1. The lowest BCUT2D eigenvalue weighted by molar-refractivity contribution is 0.0101. The highest BCUT2D eigenvalue weighted by Gasteiger charge is 2.12. The van der Waals surface area contributed by atoms with Gasteiger partial charge in [0.25, 0.3) is 0 Å². The van der Waals surface area contributed by atoms with E-state index >= 15 is 0 Å². The molecule has 1 unspecified atom stereocenters. The van der Waals surface area contributed by atoms with Crippen LogP contribution in [0.5, 0.6) is 0 Å². The Morgan fingerprint density at radius 1 is 1.31 bits per heavy atom. The molecule has 0 radical (unpaired) electrons. The largest absolute Gasteiger partial charge is 0.379 e. The predicted molar refractivity (Wildman–Crippen MR) is 68.4 cm³/mol. The molecule has 0 aliphatic rings. The first-order valence-corrected chi connectivity index (χ1v) is 6.22. The van der Waals surface area contributed by atoms with Crippen molar-refractivity contribution in [2.75, 3.05) is 26.4 Å². The van der Waals surface area contributed by atoms with Crippen molar-refractivity contribution >= 4 is 15.9 Å². The van der Waals surface area contributed by atoms with Crippen LogP contribution in [0.1, 0.15) is 18.6 Å². The van der Waals surface area contributed by atoms with Gasteiger partial charge in [0.2, 0.25) is 0 Å². The molecule has 1 aromatic rings. The van der Waals surface area contributed by atoms with Gasteiger partial charge in [-0.3, -0.25) is 0 Å². The van der Waals surface area contributed by atoms with Gasteiger partial charge in [-0.15, -0.1) is 0 Å². The van der Waals surface area contributed by atoms with E-state index in [9.17, 15) is 0 Å². The third-order valence-corrected chi connectivity index (χ3v) is 2.94. The lowest BCUT2D eigenvalue weighted by atomic mass is 10.1. The van der Waals surface area contributed by atoms with Crippen LogP contribution in [-0.4, -0.2) is 26.4 Å². The summed E-state index contributed by atoms with van der Waals surface area (Å²) in [5, 5.41) is 0. The van der Waals surface area contributed by atoms with E-state index in [-0.39, 0.29) is 6.10 Å². The Hall–Kier alpha value is -0.420. The molecule has 0 bridgehead atoms. The van der Waals surface area contributed by atoms with Gasteiger partial charge >= 0.3 is 0 Å². The van der Waals surface area contributed by atoms with Gasteiger partial charge in [-0.05, 0) is 18.6 Å². The normalized spacial score (nSPS) is 12.7. The molecular weight excluding hydrogens is 270 g/mol. The third-order valence-electron chi connectivity index (χ3n) is 2.22. The van der Waals surface area contributed by atoms with Crippen LogP contribution in [0.2, 0.25) is 0 Å². The van der Waals surface area contributed by atoms with Gasteiger partial charge in [-0.25, -0.2) is 0 Å². The summed E-state index contributed by atoms with van der Waals surface area (Å²) >= 11 is 3.49. The van der Waals surface area contributed by atoms with Crippen molar-refractivity contribution in [3.8, 4) is 0 Å². The van der Waals surface area contributed by atoms with Crippen LogP contribution in [0, 0.1) is 0 Å². The number of hydrogen-bond donors (Lipinski definition) is 1. The third kappa shape index (κ3) is 4.22. The molecule has 0 spiro atoms. The summed E-state index contributed by atoms with van der Waals surface area (Å²) in [6, 6.07) is 7.96. The van der Waals surface area contributed by atoms with Crippen molar-refractivity contribution in [1.82, 2.24) is 0 Å². The van der Waals surface area contributed by atoms with Crippen molar-refractivity contribution in [3.05, 3.63) is 34.3 Å². The second-order valence-electron chi connectivity index (χ2n) is 3.31. The predicted octanol–water partition coefficient (Wildman–Crippen LogP) is 2.50. The van der Waals surface area contributed by atoms with E-state index in [2.05, 4.69) is 15.9 Å². The number of halogens is 1. The summed E-state index contributed by atoms with van der Waals surface area (Å²) in [6.45, 7) is 4.32. The molecule has 0 heterocycles. The van der Waals surface area contributed by atoms with Crippen LogP contribution in [0.15, 0.2) is 28.7 Å². The SMILES string of the molecule is CCOCCOC(CN)c1ccccc1Br. The molecule has 4 heteroatoms. The van der Waals surface area contributed by atoms with E-state index in [0.717, 1.165) is 10.0 Å². The van der Waals surface area contributed by atoms with Crippen molar-refractivity contribution in [1.29, 1.82) is 0 Å². The Morgan fingerprint density at radius 3 is 2.69 bits per heavy atom. The van der Waals surface area contributed by atoms with E-state index in [4.69, 9.17) is 15.2 Å². The zero-order chi connectivity index (χ0) is 11.8. The summed E-state index contributed by atoms with van der Waals surface area (Å²) in [4.78, 5) is 0. The van der Waals surface area contributed by atoms with Gasteiger partial charge in [-0.1, -0.05) is 34.1 Å². The Morgan fingerprint density at radius 2 is 2.06 bits per heavy atom. The van der Waals surface area contributed by atoms with E-state index in [0.29, 0.717) is 26.4 Å². The minimum Gasteiger partial charge on any atom is -0.379 e. The van der Waals surface area contributed by atoms with Crippen LogP contribution >= 0.6 is 15.9 Å². The Kier molecular flexibility index (Phi) is 6.64. The molecule has 0 saturated heterocycles. The van der Waals surface area contributed by atoms with Crippen LogP contribution in [0.3, 0.4) is 0 Å². The van der Waals surface area contributed by atoms with Gasteiger partial charge in [0.05, 0.1) is 19.3 Å². The molecule has 1 aromatic carbocycles. The molecule has 1 atom stereocenters. The smallest absolute Gasteiger partial charge is 0.0959 e. The molecular formula is C12H18BrNO2. The molecule has 0 saturated carbocycles. The molecule has 1 rings (SSSR count). The first kappa shape index (κ1) is 13.6. The van der Waals surface area contributed by atoms with Crippen molar-refractivity contribution in [2.45, 2.75) is 13.0 Å². The Bertz CT molecular complexity index is 307.